The minimum Gasteiger partial charge on any atom is -0.327 e. The lowest BCUT2D eigenvalue weighted by Crippen LogP contribution is -2.20. The molecule has 0 amide bonds. The van der Waals surface area contributed by atoms with Crippen molar-refractivity contribution in [3.63, 3.8) is 0 Å². The van der Waals surface area contributed by atoms with Crippen LogP contribution in [0.5, 0.6) is 0 Å². The molecule has 2 aromatic rings. The fraction of sp³-hybridized carbons (Fsp3) is 0.538. The van der Waals surface area contributed by atoms with Gasteiger partial charge in [-0.15, -0.1) is 0 Å². The van der Waals surface area contributed by atoms with Gasteiger partial charge in [-0.3, -0.25) is 4.98 Å². The summed E-state index contributed by atoms with van der Waals surface area (Å²) in [5.41, 5.74) is 2.18. The van der Waals surface area contributed by atoms with Crippen LogP contribution in [0.4, 0.5) is 0 Å². The minimum absolute atomic E-state index is 0.314. The van der Waals surface area contributed by atoms with Crippen molar-refractivity contribution in [2.24, 2.45) is 0 Å². The number of hydrogen-bond donors (Lipinski definition) is 1. The monoisotopic (exact) mass is 232 g/mol. The zero-order chi connectivity index (χ0) is 12.3. The second-order valence-corrected chi connectivity index (χ2v) is 4.24. The lowest BCUT2D eigenvalue weighted by atomic mass is 10.2. The summed E-state index contributed by atoms with van der Waals surface area (Å²) in [5, 5.41) is 3.32. The van der Waals surface area contributed by atoms with E-state index < -0.39 is 0 Å². The first kappa shape index (κ1) is 12.0. The van der Waals surface area contributed by atoms with Gasteiger partial charge in [-0.25, -0.2) is 4.98 Å². The molecule has 2 heterocycles. The summed E-state index contributed by atoms with van der Waals surface area (Å²) in [7, 11) is 1.99. The molecule has 0 saturated heterocycles. The molecule has 2 aromatic heterocycles. The second-order valence-electron chi connectivity index (χ2n) is 4.24. The van der Waals surface area contributed by atoms with E-state index in [4.69, 9.17) is 4.98 Å². The Hall–Kier alpha value is -1.42. The number of imidazole rings is 1. The summed E-state index contributed by atoms with van der Waals surface area (Å²) >= 11 is 0. The van der Waals surface area contributed by atoms with Gasteiger partial charge in [0.15, 0.2) is 0 Å². The van der Waals surface area contributed by atoms with Crippen molar-refractivity contribution in [1.29, 1.82) is 0 Å². The molecule has 0 spiro atoms. The number of pyridine rings is 1. The Labute approximate surface area is 102 Å². The summed E-state index contributed by atoms with van der Waals surface area (Å²) < 4.78 is 2.31. The predicted molar refractivity (Wildman–Crippen MR) is 69.9 cm³/mol. The van der Waals surface area contributed by atoms with E-state index in [1.165, 1.54) is 5.52 Å². The lowest BCUT2D eigenvalue weighted by molar-refractivity contribution is 0.508. The molecule has 4 heteroatoms. The zero-order valence-corrected chi connectivity index (χ0v) is 10.8. The highest BCUT2D eigenvalue weighted by Crippen LogP contribution is 2.22. The van der Waals surface area contributed by atoms with E-state index in [1.54, 1.807) is 0 Å². The third kappa shape index (κ3) is 2.17. The van der Waals surface area contributed by atoms with E-state index in [2.05, 4.69) is 28.7 Å². The average molecular weight is 232 g/mol. The van der Waals surface area contributed by atoms with Gasteiger partial charge in [0.05, 0.1) is 17.8 Å². The molecular weight excluding hydrogens is 212 g/mol. The Morgan fingerprint density at radius 3 is 2.88 bits per heavy atom. The smallest absolute Gasteiger partial charge is 0.127 e. The Bertz CT molecular complexity index is 485. The molecule has 1 unspecified atom stereocenters. The molecule has 1 N–H and O–H groups in total. The SMILES string of the molecule is CCCn1c(C(CC)NC)nc2cnccc21. The van der Waals surface area contributed by atoms with Gasteiger partial charge in [-0.1, -0.05) is 13.8 Å². The molecule has 0 fully saturated rings. The molecule has 0 aliphatic carbocycles. The molecule has 92 valence electrons. The van der Waals surface area contributed by atoms with Crippen molar-refractivity contribution in [3.8, 4) is 0 Å². The number of fused-ring (bicyclic) bond motifs is 1. The van der Waals surface area contributed by atoms with Crippen molar-refractivity contribution in [3.05, 3.63) is 24.3 Å². The van der Waals surface area contributed by atoms with E-state index in [9.17, 15) is 0 Å². The highest BCUT2D eigenvalue weighted by atomic mass is 15.1. The first-order chi connectivity index (χ1) is 8.31. The first-order valence-electron chi connectivity index (χ1n) is 6.29. The van der Waals surface area contributed by atoms with Crippen LogP contribution in [0.15, 0.2) is 18.5 Å². The number of nitrogens with one attached hydrogen (secondary N) is 1. The topological polar surface area (TPSA) is 42.7 Å². The van der Waals surface area contributed by atoms with Crippen molar-refractivity contribution in [1.82, 2.24) is 19.9 Å². The van der Waals surface area contributed by atoms with Gasteiger partial charge in [0.25, 0.3) is 0 Å². The van der Waals surface area contributed by atoms with E-state index in [-0.39, 0.29) is 0 Å². The van der Waals surface area contributed by atoms with Gasteiger partial charge in [-0.05, 0) is 26.0 Å². The molecule has 17 heavy (non-hydrogen) atoms. The Kier molecular flexibility index (Phi) is 3.74. The van der Waals surface area contributed by atoms with Gasteiger partial charge < -0.3 is 9.88 Å². The fourth-order valence-corrected chi connectivity index (χ4v) is 2.24. The predicted octanol–water partition coefficient (Wildman–Crippen LogP) is 2.51. The Morgan fingerprint density at radius 1 is 1.41 bits per heavy atom. The van der Waals surface area contributed by atoms with Crippen LogP contribution in [0.25, 0.3) is 11.0 Å². The fourth-order valence-electron chi connectivity index (χ4n) is 2.24. The third-order valence-electron chi connectivity index (χ3n) is 3.10. The Balaban J connectivity index is 2.56. The van der Waals surface area contributed by atoms with Crippen molar-refractivity contribution in [2.45, 2.75) is 39.3 Å². The summed E-state index contributed by atoms with van der Waals surface area (Å²) in [6, 6.07) is 2.36. The highest BCUT2D eigenvalue weighted by molar-refractivity contribution is 5.74. The molecule has 0 aromatic carbocycles. The zero-order valence-electron chi connectivity index (χ0n) is 10.8. The maximum Gasteiger partial charge on any atom is 0.127 e. The van der Waals surface area contributed by atoms with Crippen molar-refractivity contribution in [2.75, 3.05) is 7.05 Å². The standard InChI is InChI=1S/C13H20N4/c1-4-8-17-12-6-7-15-9-11(12)16-13(17)10(5-2)14-3/h6-7,9-10,14H,4-5,8H2,1-3H3. The van der Waals surface area contributed by atoms with Crippen LogP contribution in [-0.2, 0) is 6.54 Å². The molecular formula is C13H20N4. The highest BCUT2D eigenvalue weighted by Gasteiger charge is 2.16. The molecule has 1 atom stereocenters. The van der Waals surface area contributed by atoms with Gasteiger partial charge >= 0.3 is 0 Å². The second kappa shape index (κ2) is 5.27. The first-order valence-corrected chi connectivity index (χ1v) is 6.29. The Morgan fingerprint density at radius 2 is 2.24 bits per heavy atom. The van der Waals surface area contributed by atoms with E-state index >= 15 is 0 Å². The molecule has 0 aliphatic heterocycles. The van der Waals surface area contributed by atoms with Crippen LogP contribution in [0.1, 0.15) is 38.6 Å². The van der Waals surface area contributed by atoms with Crippen LogP contribution in [0.3, 0.4) is 0 Å². The number of nitrogens with zero attached hydrogens (tertiary/aromatic N) is 3. The number of aryl methyl sites for hydroxylation is 1. The van der Waals surface area contributed by atoms with Crippen molar-refractivity contribution < 1.29 is 0 Å². The van der Waals surface area contributed by atoms with Crippen LogP contribution in [-0.4, -0.2) is 21.6 Å². The van der Waals surface area contributed by atoms with Gasteiger partial charge in [0.2, 0.25) is 0 Å². The van der Waals surface area contributed by atoms with Gasteiger partial charge in [-0.2, -0.15) is 0 Å². The van der Waals surface area contributed by atoms with E-state index in [0.717, 1.165) is 30.7 Å². The lowest BCUT2D eigenvalue weighted by Gasteiger charge is -2.15. The number of hydrogen-bond acceptors (Lipinski definition) is 3. The van der Waals surface area contributed by atoms with Gasteiger partial charge in [0, 0.05) is 12.7 Å². The number of rotatable bonds is 5. The molecule has 0 radical (unpaired) electrons. The quantitative estimate of drug-likeness (QED) is 0.861. The number of aromatic nitrogens is 3. The summed E-state index contributed by atoms with van der Waals surface area (Å²) in [5.74, 6) is 1.12. The maximum atomic E-state index is 4.71. The summed E-state index contributed by atoms with van der Waals surface area (Å²) in [6.45, 7) is 5.38. The molecule has 0 aliphatic rings. The van der Waals surface area contributed by atoms with Crippen molar-refractivity contribution >= 4 is 11.0 Å². The van der Waals surface area contributed by atoms with Crippen LogP contribution in [0.2, 0.25) is 0 Å². The summed E-state index contributed by atoms with van der Waals surface area (Å²) in [6.07, 6.45) is 5.82. The van der Waals surface area contributed by atoms with Gasteiger partial charge in [0.1, 0.15) is 11.3 Å². The third-order valence-corrected chi connectivity index (χ3v) is 3.10. The summed E-state index contributed by atoms with van der Waals surface area (Å²) in [4.78, 5) is 8.85. The molecule has 0 saturated carbocycles. The molecule has 2 rings (SSSR count). The molecule has 0 bridgehead atoms. The van der Waals surface area contributed by atoms with Crippen LogP contribution < -0.4 is 5.32 Å². The minimum atomic E-state index is 0.314. The van der Waals surface area contributed by atoms with Crippen LogP contribution >= 0.6 is 0 Å². The largest absolute Gasteiger partial charge is 0.327 e. The van der Waals surface area contributed by atoms with E-state index in [1.807, 2.05) is 25.5 Å². The molecule has 4 nitrogen and oxygen atoms in total. The van der Waals surface area contributed by atoms with Crippen LogP contribution in [0, 0.1) is 0 Å². The maximum absolute atomic E-state index is 4.71. The normalized spacial score (nSPS) is 13.1. The average Bonchev–Trinajstić information content (AvgIpc) is 2.71. The van der Waals surface area contributed by atoms with E-state index in [0.29, 0.717) is 6.04 Å².